The number of aromatic nitrogens is 4. The number of amides is 1. The van der Waals surface area contributed by atoms with Gasteiger partial charge in [-0.1, -0.05) is 65.8 Å². The maximum absolute atomic E-state index is 14.4. The van der Waals surface area contributed by atoms with Gasteiger partial charge in [-0.25, -0.2) is 28.1 Å². The van der Waals surface area contributed by atoms with Crippen molar-refractivity contribution < 1.29 is 17.9 Å². The van der Waals surface area contributed by atoms with Gasteiger partial charge >= 0.3 is 0 Å². The number of aryl methyl sites for hydroxylation is 2. The predicted octanol–water partition coefficient (Wildman–Crippen LogP) is 6.65. The number of nitrogens with one attached hydrogen (secondary N) is 2. The van der Waals surface area contributed by atoms with E-state index in [1.54, 1.807) is 35.5 Å². The van der Waals surface area contributed by atoms with E-state index in [9.17, 15) is 13.2 Å². The molecule has 2 aromatic carbocycles. The molecule has 1 aliphatic heterocycles. The van der Waals surface area contributed by atoms with E-state index in [1.165, 1.54) is 12.1 Å². The van der Waals surface area contributed by atoms with E-state index in [0.717, 1.165) is 28.9 Å². The molecule has 0 saturated carbocycles. The van der Waals surface area contributed by atoms with E-state index in [-0.39, 0.29) is 52.2 Å². The van der Waals surface area contributed by atoms with Gasteiger partial charge in [0.25, 0.3) is 15.9 Å². The first kappa shape index (κ1) is 34.7. The van der Waals surface area contributed by atoms with Crippen molar-refractivity contribution in [1.82, 2.24) is 24.8 Å². The molecule has 3 heterocycles. The highest BCUT2D eigenvalue weighted by Gasteiger charge is 2.32. The Balaban J connectivity index is 1.60. The summed E-state index contributed by atoms with van der Waals surface area (Å²) >= 11 is 0. The molecule has 1 aliphatic rings. The lowest BCUT2D eigenvalue weighted by molar-refractivity contribution is 0.0505. The minimum absolute atomic E-state index is 0.0744. The molecule has 1 amide bonds. The number of benzene rings is 2. The Morgan fingerprint density at radius 3 is 2.25 bits per heavy atom. The van der Waals surface area contributed by atoms with Crippen molar-refractivity contribution >= 4 is 27.6 Å². The summed E-state index contributed by atoms with van der Waals surface area (Å²) in [6, 6.07) is 13.1. The quantitative estimate of drug-likeness (QED) is 0.231. The summed E-state index contributed by atoms with van der Waals surface area (Å²) in [5.74, 6) is 0.138. The van der Waals surface area contributed by atoms with Crippen LogP contribution in [0.4, 0.5) is 11.6 Å². The van der Waals surface area contributed by atoms with Gasteiger partial charge < -0.3 is 15.0 Å². The number of anilines is 2. The van der Waals surface area contributed by atoms with Crippen molar-refractivity contribution in [3.63, 3.8) is 0 Å². The summed E-state index contributed by atoms with van der Waals surface area (Å²) < 4.78 is 36.2. The SMILES string of the molecule is Cc1cccc(C)c1-c1cc2nc(n1)NS(=O)(=O)c1cccc(c1)C(=O)N(Cc1ncc(NCC(C)(C)C)cn1)[C@H](CC(C)(C)C)CO2. The molecule has 0 saturated heterocycles. The molecule has 48 heavy (non-hydrogen) atoms. The van der Waals surface area contributed by atoms with E-state index in [0.29, 0.717) is 17.9 Å². The maximum atomic E-state index is 14.4. The lowest BCUT2D eigenvalue weighted by Gasteiger charge is -2.35. The van der Waals surface area contributed by atoms with Gasteiger partial charge in [-0.15, -0.1) is 0 Å². The summed E-state index contributed by atoms with van der Waals surface area (Å²) in [6.07, 6.45) is 4.00. The highest BCUT2D eigenvalue weighted by atomic mass is 32.2. The summed E-state index contributed by atoms with van der Waals surface area (Å²) in [4.78, 5) is 34.2. The summed E-state index contributed by atoms with van der Waals surface area (Å²) in [7, 11) is -4.17. The van der Waals surface area contributed by atoms with Crippen molar-refractivity contribution in [2.45, 2.75) is 79.3 Å². The van der Waals surface area contributed by atoms with Crippen LogP contribution in [0.15, 0.2) is 65.8 Å². The number of nitrogens with zero attached hydrogens (tertiary/aromatic N) is 5. The lowest BCUT2D eigenvalue weighted by atomic mass is 9.87. The standard InChI is InChI=1S/C36H45N7O4S/c1-23-11-9-12-24(2)32(23)29-16-31-41-34(40-29)42-48(45,46)28-14-10-13-25(15-28)33(44)43(27(21-47-31)17-35(3,4)5)20-30-37-18-26(19-38-30)39-22-36(6,7)8/h9-16,18-19,27,39H,17,20-22H2,1-8H3,(H,40,41,42)/t27-/m1/s1. The average Bonchev–Trinajstić information content (AvgIpc) is 3.00. The zero-order valence-corrected chi connectivity index (χ0v) is 29.8. The number of sulfonamides is 1. The van der Waals surface area contributed by atoms with Crippen LogP contribution >= 0.6 is 0 Å². The van der Waals surface area contributed by atoms with Crippen molar-refractivity contribution in [3.05, 3.63) is 83.4 Å². The first-order valence-electron chi connectivity index (χ1n) is 16.0. The average molecular weight is 672 g/mol. The Morgan fingerprint density at radius 1 is 0.938 bits per heavy atom. The molecule has 12 heteroatoms. The summed E-state index contributed by atoms with van der Waals surface area (Å²) in [5, 5.41) is 3.35. The zero-order valence-electron chi connectivity index (χ0n) is 29.0. The van der Waals surface area contributed by atoms with Crippen LogP contribution in [0.2, 0.25) is 0 Å². The molecule has 0 unspecified atom stereocenters. The Kier molecular flexibility index (Phi) is 9.77. The van der Waals surface area contributed by atoms with Crippen LogP contribution in [0.5, 0.6) is 5.88 Å². The molecule has 0 fully saturated rings. The largest absolute Gasteiger partial charge is 0.475 e. The Labute approximate surface area is 283 Å². The van der Waals surface area contributed by atoms with Gasteiger partial charge in [0.1, 0.15) is 12.4 Å². The monoisotopic (exact) mass is 671 g/mol. The number of hydrogen-bond donors (Lipinski definition) is 2. The van der Waals surface area contributed by atoms with E-state index in [2.05, 4.69) is 71.5 Å². The van der Waals surface area contributed by atoms with Crippen LogP contribution < -0.4 is 14.8 Å². The minimum atomic E-state index is -4.17. The van der Waals surface area contributed by atoms with E-state index < -0.39 is 16.1 Å². The van der Waals surface area contributed by atoms with Crippen LogP contribution in [0.1, 0.15) is 75.3 Å². The van der Waals surface area contributed by atoms with E-state index in [1.807, 2.05) is 32.0 Å². The normalized spacial score (nSPS) is 16.5. The number of carbonyl (C=O) groups excluding carboxylic acids is 1. The van der Waals surface area contributed by atoms with Gasteiger partial charge in [-0.05, 0) is 60.4 Å². The second-order valence-electron chi connectivity index (χ2n) is 14.8. The van der Waals surface area contributed by atoms with Crippen LogP contribution in [0.3, 0.4) is 0 Å². The fourth-order valence-corrected chi connectivity index (χ4v) is 6.58. The molecule has 5 rings (SSSR count). The summed E-state index contributed by atoms with van der Waals surface area (Å²) in [5.41, 5.74) is 4.19. The lowest BCUT2D eigenvalue weighted by Crippen LogP contribution is -2.45. The summed E-state index contributed by atoms with van der Waals surface area (Å²) in [6.45, 7) is 17.6. The van der Waals surface area contributed by atoms with Gasteiger partial charge in [0.15, 0.2) is 0 Å². The minimum Gasteiger partial charge on any atom is -0.475 e. The van der Waals surface area contributed by atoms with Crippen LogP contribution in [-0.4, -0.2) is 58.4 Å². The van der Waals surface area contributed by atoms with E-state index >= 15 is 0 Å². The second-order valence-corrected chi connectivity index (χ2v) is 16.5. The molecule has 0 aliphatic carbocycles. The van der Waals surface area contributed by atoms with Crippen molar-refractivity contribution in [2.24, 2.45) is 10.8 Å². The third-order valence-corrected chi connectivity index (χ3v) is 9.20. The number of carbonyl (C=O) groups is 1. The first-order chi connectivity index (χ1) is 22.5. The first-order valence-corrected chi connectivity index (χ1v) is 17.5. The molecule has 2 N–H and O–H groups in total. The van der Waals surface area contributed by atoms with Crippen LogP contribution in [0, 0.1) is 24.7 Å². The molecule has 11 nitrogen and oxygen atoms in total. The Morgan fingerprint density at radius 2 is 1.60 bits per heavy atom. The molecular formula is C36H45N7O4S. The van der Waals surface area contributed by atoms with Gasteiger partial charge in [0, 0.05) is 23.7 Å². The van der Waals surface area contributed by atoms with E-state index in [4.69, 9.17) is 4.74 Å². The Hall–Kier alpha value is -4.58. The topological polar surface area (TPSA) is 139 Å². The zero-order chi connectivity index (χ0) is 34.9. The van der Waals surface area contributed by atoms with Crippen LogP contribution in [0.25, 0.3) is 11.3 Å². The smallest absolute Gasteiger partial charge is 0.264 e. The molecule has 4 aromatic rings. The van der Waals surface area contributed by atoms with Gasteiger partial charge in [0.05, 0.1) is 41.3 Å². The van der Waals surface area contributed by atoms with Crippen molar-refractivity contribution in [3.8, 4) is 17.1 Å². The molecule has 1 atom stereocenters. The van der Waals surface area contributed by atoms with Crippen molar-refractivity contribution in [1.29, 1.82) is 0 Å². The molecule has 2 aromatic heterocycles. The van der Waals surface area contributed by atoms with Gasteiger partial charge in [0.2, 0.25) is 11.8 Å². The van der Waals surface area contributed by atoms with Gasteiger partial charge in [-0.2, -0.15) is 4.98 Å². The molecule has 254 valence electrons. The third kappa shape index (κ3) is 8.66. The molecule has 0 spiro atoms. The molecule has 4 bridgehead atoms. The highest BCUT2D eigenvalue weighted by molar-refractivity contribution is 7.92. The van der Waals surface area contributed by atoms with Crippen LogP contribution in [-0.2, 0) is 16.6 Å². The highest BCUT2D eigenvalue weighted by Crippen LogP contribution is 2.31. The fraction of sp³-hybridized carbons (Fsp3) is 0.417. The Bertz CT molecular complexity index is 1880. The van der Waals surface area contributed by atoms with Crippen molar-refractivity contribution in [2.75, 3.05) is 23.2 Å². The fourth-order valence-electron chi connectivity index (χ4n) is 5.59. The number of ether oxygens (including phenoxy) is 1. The number of hydrogen-bond acceptors (Lipinski definition) is 9. The molecular weight excluding hydrogens is 627 g/mol. The third-order valence-electron chi connectivity index (χ3n) is 7.87. The second kappa shape index (κ2) is 13.5. The molecule has 0 radical (unpaired) electrons. The number of rotatable bonds is 6. The number of fused-ring (bicyclic) bond motifs is 4. The predicted molar refractivity (Wildman–Crippen MR) is 187 cm³/mol. The maximum Gasteiger partial charge on any atom is 0.264 e. The van der Waals surface area contributed by atoms with Gasteiger partial charge in [-0.3, -0.25) is 4.79 Å².